The molecule has 2 rings (SSSR count). The topological polar surface area (TPSA) is 70.7 Å². The lowest BCUT2D eigenvalue weighted by atomic mass is 10.3. The number of para-hydroxylation sites is 1. The van der Waals surface area contributed by atoms with Gasteiger partial charge in [-0.2, -0.15) is 0 Å². The molecule has 0 saturated heterocycles. The maximum Gasteiger partial charge on any atom is 0.273 e. The molecule has 1 aromatic heterocycles. The summed E-state index contributed by atoms with van der Waals surface area (Å²) in [6.07, 6.45) is 0. The second-order valence-electron chi connectivity index (χ2n) is 3.19. The normalized spacial score (nSPS) is 10.1. The quantitative estimate of drug-likeness (QED) is 0.801. The summed E-state index contributed by atoms with van der Waals surface area (Å²) in [5.74, 6) is -0.313. The van der Waals surface area contributed by atoms with Crippen LogP contribution < -0.4 is 10.9 Å². The van der Waals surface area contributed by atoms with Crippen LogP contribution in [0.15, 0.2) is 29.1 Å². The van der Waals surface area contributed by atoms with Gasteiger partial charge in [-0.15, -0.1) is 10.2 Å². The third-order valence-corrected chi connectivity index (χ3v) is 1.99. The molecule has 0 amide bonds. The molecular weight excluding hydrogens is 211 g/mol. The van der Waals surface area contributed by atoms with Crippen molar-refractivity contribution in [1.29, 1.82) is 0 Å². The van der Waals surface area contributed by atoms with Crippen LogP contribution in [0.2, 0.25) is 0 Å². The molecule has 0 bridgehead atoms. The first kappa shape index (κ1) is 10.3. The van der Waals surface area contributed by atoms with Crippen LogP contribution in [0.3, 0.4) is 0 Å². The number of hydrogen-bond acceptors (Lipinski definition) is 4. The van der Waals surface area contributed by atoms with E-state index in [1.807, 2.05) is 0 Å². The van der Waals surface area contributed by atoms with E-state index in [-0.39, 0.29) is 22.9 Å². The fourth-order valence-electron chi connectivity index (χ4n) is 1.14. The number of hydrogen-bond donors (Lipinski definition) is 2. The largest absolute Gasteiger partial charge is 0.322 e. The molecule has 16 heavy (non-hydrogen) atoms. The third-order valence-electron chi connectivity index (χ3n) is 1.99. The molecule has 0 spiro atoms. The first-order valence-corrected chi connectivity index (χ1v) is 4.62. The van der Waals surface area contributed by atoms with Gasteiger partial charge in [-0.1, -0.05) is 12.1 Å². The molecule has 0 aliphatic rings. The van der Waals surface area contributed by atoms with E-state index in [4.69, 9.17) is 0 Å². The minimum Gasteiger partial charge on any atom is -0.322 e. The molecule has 1 heterocycles. The Morgan fingerprint density at radius 3 is 2.75 bits per heavy atom. The van der Waals surface area contributed by atoms with Gasteiger partial charge in [0.2, 0.25) is 5.95 Å². The first-order chi connectivity index (χ1) is 7.66. The van der Waals surface area contributed by atoms with Gasteiger partial charge < -0.3 is 5.32 Å². The molecule has 0 aliphatic carbocycles. The minimum absolute atomic E-state index is 0.112. The Kier molecular flexibility index (Phi) is 2.63. The summed E-state index contributed by atoms with van der Waals surface area (Å²) in [6.45, 7) is 1.54. The van der Waals surface area contributed by atoms with E-state index in [9.17, 15) is 9.18 Å². The number of nitrogens with one attached hydrogen (secondary N) is 2. The highest BCUT2D eigenvalue weighted by atomic mass is 19.1. The number of H-pyrrole nitrogens is 1. The zero-order valence-corrected chi connectivity index (χ0v) is 8.49. The van der Waals surface area contributed by atoms with Crippen LogP contribution in [0.25, 0.3) is 0 Å². The first-order valence-electron chi connectivity index (χ1n) is 4.62. The summed E-state index contributed by atoms with van der Waals surface area (Å²) < 4.78 is 13.3. The highest BCUT2D eigenvalue weighted by Gasteiger charge is 2.03. The molecule has 5 nitrogen and oxygen atoms in total. The predicted octanol–water partition coefficient (Wildman–Crippen LogP) is 1.36. The Morgan fingerprint density at radius 1 is 1.31 bits per heavy atom. The fraction of sp³-hybridized carbons (Fsp3) is 0.100. The molecule has 6 heteroatoms. The number of halogens is 1. The Labute approximate surface area is 90.4 Å². The average Bonchev–Trinajstić information content (AvgIpc) is 2.27. The van der Waals surface area contributed by atoms with Crippen molar-refractivity contribution in [2.45, 2.75) is 6.92 Å². The van der Waals surface area contributed by atoms with E-state index in [1.54, 1.807) is 19.1 Å². The van der Waals surface area contributed by atoms with Crippen LogP contribution in [0.5, 0.6) is 0 Å². The van der Waals surface area contributed by atoms with Gasteiger partial charge >= 0.3 is 0 Å². The zero-order valence-electron chi connectivity index (χ0n) is 8.49. The van der Waals surface area contributed by atoms with Gasteiger partial charge in [0, 0.05) is 0 Å². The lowest BCUT2D eigenvalue weighted by Gasteiger charge is -2.04. The number of rotatable bonds is 2. The summed E-state index contributed by atoms with van der Waals surface area (Å²) in [6, 6.07) is 6.09. The van der Waals surface area contributed by atoms with Crippen molar-refractivity contribution in [2.75, 3.05) is 5.32 Å². The van der Waals surface area contributed by atoms with E-state index in [2.05, 4.69) is 20.5 Å². The summed E-state index contributed by atoms with van der Waals surface area (Å²) in [7, 11) is 0. The summed E-state index contributed by atoms with van der Waals surface area (Å²) in [4.78, 5) is 13.7. The Bertz CT molecular complexity index is 567. The molecule has 0 radical (unpaired) electrons. The van der Waals surface area contributed by atoms with Crippen LogP contribution in [-0.4, -0.2) is 15.2 Å². The second kappa shape index (κ2) is 4.09. The van der Waals surface area contributed by atoms with Gasteiger partial charge in [0.05, 0.1) is 5.69 Å². The Hall–Kier alpha value is -2.24. The van der Waals surface area contributed by atoms with E-state index in [1.165, 1.54) is 12.1 Å². The highest BCUT2D eigenvalue weighted by Crippen LogP contribution is 2.15. The van der Waals surface area contributed by atoms with Crippen molar-refractivity contribution in [3.8, 4) is 0 Å². The number of aromatic nitrogens is 3. The third kappa shape index (κ3) is 2.05. The molecular formula is C10H9FN4O. The van der Waals surface area contributed by atoms with Crippen molar-refractivity contribution in [3.63, 3.8) is 0 Å². The van der Waals surface area contributed by atoms with Crippen LogP contribution >= 0.6 is 0 Å². The van der Waals surface area contributed by atoms with Crippen LogP contribution in [0.4, 0.5) is 16.0 Å². The zero-order chi connectivity index (χ0) is 11.5. The molecule has 0 unspecified atom stereocenters. The maximum absolute atomic E-state index is 13.3. The van der Waals surface area contributed by atoms with E-state index < -0.39 is 5.82 Å². The van der Waals surface area contributed by atoms with E-state index in [0.29, 0.717) is 0 Å². The van der Waals surface area contributed by atoms with Gasteiger partial charge in [0.15, 0.2) is 0 Å². The Balaban J connectivity index is 2.31. The molecule has 0 fully saturated rings. The van der Waals surface area contributed by atoms with Crippen molar-refractivity contribution in [1.82, 2.24) is 15.2 Å². The smallest absolute Gasteiger partial charge is 0.273 e. The van der Waals surface area contributed by atoms with Crippen molar-refractivity contribution < 1.29 is 4.39 Å². The lowest BCUT2D eigenvalue weighted by molar-refractivity contribution is 0.631. The molecule has 2 aromatic rings. The van der Waals surface area contributed by atoms with E-state index in [0.717, 1.165) is 0 Å². The summed E-state index contributed by atoms with van der Waals surface area (Å²) in [5, 5.41) is 9.95. The summed E-state index contributed by atoms with van der Waals surface area (Å²) >= 11 is 0. The number of aromatic amines is 1. The number of anilines is 2. The second-order valence-corrected chi connectivity index (χ2v) is 3.19. The molecule has 1 aromatic carbocycles. The van der Waals surface area contributed by atoms with Gasteiger partial charge in [-0.25, -0.2) is 4.39 Å². The Morgan fingerprint density at radius 2 is 2.06 bits per heavy atom. The van der Waals surface area contributed by atoms with Gasteiger partial charge in [0.25, 0.3) is 5.56 Å². The van der Waals surface area contributed by atoms with Crippen LogP contribution in [0, 0.1) is 12.7 Å². The van der Waals surface area contributed by atoms with Gasteiger partial charge in [0.1, 0.15) is 11.5 Å². The van der Waals surface area contributed by atoms with Crippen molar-refractivity contribution in [2.24, 2.45) is 0 Å². The van der Waals surface area contributed by atoms with Crippen molar-refractivity contribution in [3.05, 3.63) is 46.1 Å². The standard InChI is InChI=1S/C10H9FN4O/c1-6-9(16)13-10(15-14-6)12-8-5-3-2-4-7(8)11/h2-5H,1H3,(H2,12,13,15,16). The maximum atomic E-state index is 13.3. The van der Waals surface area contributed by atoms with Crippen molar-refractivity contribution >= 4 is 11.6 Å². The monoisotopic (exact) mass is 220 g/mol. The minimum atomic E-state index is -0.425. The summed E-state index contributed by atoms with van der Waals surface area (Å²) in [5.41, 5.74) is 0.143. The molecule has 0 atom stereocenters. The molecule has 0 saturated carbocycles. The highest BCUT2D eigenvalue weighted by molar-refractivity contribution is 5.53. The fourth-order valence-corrected chi connectivity index (χ4v) is 1.14. The molecule has 0 aliphatic heterocycles. The predicted molar refractivity (Wildman–Crippen MR) is 57.1 cm³/mol. The average molecular weight is 220 g/mol. The number of benzene rings is 1. The SMILES string of the molecule is Cc1nnc(Nc2ccccc2F)[nH]c1=O. The van der Waals surface area contributed by atoms with Crippen LogP contribution in [-0.2, 0) is 0 Å². The van der Waals surface area contributed by atoms with Gasteiger partial charge in [-0.3, -0.25) is 9.78 Å². The van der Waals surface area contributed by atoms with Crippen LogP contribution in [0.1, 0.15) is 5.69 Å². The molecule has 2 N–H and O–H groups in total. The number of nitrogens with zero attached hydrogens (tertiary/aromatic N) is 2. The molecule has 82 valence electrons. The number of aryl methyl sites for hydroxylation is 1. The van der Waals surface area contributed by atoms with E-state index >= 15 is 0 Å². The van der Waals surface area contributed by atoms with Gasteiger partial charge in [-0.05, 0) is 19.1 Å². The lowest BCUT2D eigenvalue weighted by Crippen LogP contribution is -2.15.